The Labute approximate surface area is 172 Å². The molecule has 142 valence electrons. The standard InChI is InChI=1S/C20H21BrN2O3S/c1-13-8-9-14(11-16(13)21)19(24)23-20(27)22-17-6-2-3-7-18(17)26-12-15-5-4-10-25-15/h2-3,6-9,11,15H,4-5,10,12H2,1H3,(H2,22,23,24,27). The molecule has 0 radical (unpaired) electrons. The van der Waals surface area contributed by atoms with Gasteiger partial charge in [-0.05, 0) is 61.8 Å². The molecule has 1 saturated heterocycles. The van der Waals surface area contributed by atoms with Crippen LogP contribution in [0.25, 0.3) is 0 Å². The number of nitrogens with one attached hydrogen (secondary N) is 2. The summed E-state index contributed by atoms with van der Waals surface area (Å²) in [6.07, 6.45) is 2.21. The first-order chi connectivity index (χ1) is 13.0. The van der Waals surface area contributed by atoms with Crippen LogP contribution in [0.2, 0.25) is 0 Å². The summed E-state index contributed by atoms with van der Waals surface area (Å²) in [6, 6.07) is 12.9. The maximum atomic E-state index is 12.4. The van der Waals surface area contributed by atoms with Crippen molar-refractivity contribution in [3.8, 4) is 5.75 Å². The number of carbonyl (C=O) groups is 1. The van der Waals surface area contributed by atoms with Crippen molar-refractivity contribution in [2.45, 2.75) is 25.9 Å². The molecule has 1 fully saturated rings. The normalized spacial score (nSPS) is 16.0. The summed E-state index contributed by atoms with van der Waals surface area (Å²) in [4.78, 5) is 12.4. The molecule has 3 rings (SSSR count). The van der Waals surface area contributed by atoms with Crippen LogP contribution in [-0.2, 0) is 4.74 Å². The molecule has 1 atom stereocenters. The highest BCUT2D eigenvalue weighted by Crippen LogP contribution is 2.25. The summed E-state index contributed by atoms with van der Waals surface area (Å²) < 4.78 is 12.3. The van der Waals surface area contributed by atoms with Gasteiger partial charge in [0.25, 0.3) is 5.91 Å². The zero-order valence-electron chi connectivity index (χ0n) is 15.0. The summed E-state index contributed by atoms with van der Waals surface area (Å²) in [5.41, 5.74) is 2.29. The third kappa shape index (κ3) is 5.51. The predicted octanol–water partition coefficient (Wildman–Crippen LogP) is 4.44. The van der Waals surface area contributed by atoms with Crippen molar-refractivity contribution in [3.63, 3.8) is 0 Å². The molecule has 1 unspecified atom stereocenters. The number of amides is 1. The Morgan fingerprint density at radius 2 is 2.15 bits per heavy atom. The monoisotopic (exact) mass is 448 g/mol. The lowest BCUT2D eigenvalue weighted by atomic mass is 10.1. The van der Waals surface area contributed by atoms with Crippen LogP contribution in [0.3, 0.4) is 0 Å². The average Bonchev–Trinajstić information content (AvgIpc) is 3.16. The van der Waals surface area contributed by atoms with E-state index in [9.17, 15) is 4.79 Å². The van der Waals surface area contributed by atoms with Gasteiger partial charge >= 0.3 is 0 Å². The van der Waals surface area contributed by atoms with Crippen LogP contribution in [0.5, 0.6) is 5.75 Å². The minimum Gasteiger partial charge on any atom is -0.489 e. The molecule has 2 aromatic carbocycles. The van der Waals surface area contributed by atoms with E-state index in [-0.39, 0.29) is 17.1 Å². The molecule has 0 aromatic heterocycles. The quantitative estimate of drug-likeness (QED) is 0.661. The van der Waals surface area contributed by atoms with E-state index in [1.165, 1.54) is 0 Å². The number of hydrogen-bond acceptors (Lipinski definition) is 4. The van der Waals surface area contributed by atoms with Gasteiger partial charge in [0.1, 0.15) is 12.4 Å². The number of anilines is 1. The summed E-state index contributed by atoms with van der Waals surface area (Å²) in [5.74, 6) is 0.397. The van der Waals surface area contributed by atoms with Crippen LogP contribution >= 0.6 is 28.1 Å². The van der Waals surface area contributed by atoms with E-state index in [0.717, 1.165) is 29.5 Å². The van der Waals surface area contributed by atoms with E-state index in [0.29, 0.717) is 23.6 Å². The van der Waals surface area contributed by atoms with Crippen LogP contribution in [-0.4, -0.2) is 30.3 Å². The third-order valence-electron chi connectivity index (χ3n) is 4.25. The molecule has 1 aliphatic rings. The van der Waals surface area contributed by atoms with Gasteiger partial charge in [0, 0.05) is 16.6 Å². The number of hydrogen-bond donors (Lipinski definition) is 2. The number of rotatable bonds is 5. The minimum absolute atomic E-state index is 0.129. The highest BCUT2D eigenvalue weighted by molar-refractivity contribution is 9.10. The van der Waals surface area contributed by atoms with Gasteiger partial charge in [-0.25, -0.2) is 0 Å². The molecule has 2 aromatic rings. The lowest BCUT2D eigenvalue weighted by Gasteiger charge is -2.16. The highest BCUT2D eigenvalue weighted by Gasteiger charge is 2.17. The number of ether oxygens (including phenoxy) is 2. The molecular weight excluding hydrogens is 428 g/mol. The molecule has 5 nitrogen and oxygen atoms in total. The predicted molar refractivity (Wildman–Crippen MR) is 113 cm³/mol. The van der Waals surface area contributed by atoms with Crippen molar-refractivity contribution in [2.24, 2.45) is 0 Å². The third-order valence-corrected chi connectivity index (χ3v) is 5.30. The number of para-hydroxylation sites is 2. The van der Waals surface area contributed by atoms with E-state index in [2.05, 4.69) is 26.6 Å². The zero-order chi connectivity index (χ0) is 19.2. The fraction of sp³-hybridized carbons (Fsp3) is 0.300. The number of benzene rings is 2. The molecule has 0 spiro atoms. The van der Waals surface area contributed by atoms with Gasteiger partial charge < -0.3 is 14.8 Å². The van der Waals surface area contributed by atoms with Crippen molar-refractivity contribution in [1.82, 2.24) is 5.32 Å². The van der Waals surface area contributed by atoms with E-state index < -0.39 is 0 Å². The number of thiocarbonyl (C=S) groups is 1. The van der Waals surface area contributed by atoms with Crippen LogP contribution in [0.1, 0.15) is 28.8 Å². The Balaban J connectivity index is 1.60. The highest BCUT2D eigenvalue weighted by atomic mass is 79.9. The first kappa shape index (κ1) is 19.8. The molecule has 0 bridgehead atoms. The number of carbonyl (C=O) groups excluding carboxylic acids is 1. The average molecular weight is 449 g/mol. The molecule has 2 N–H and O–H groups in total. The summed E-state index contributed by atoms with van der Waals surface area (Å²) >= 11 is 8.72. The van der Waals surface area contributed by atoms with Crippen molar-refractivity contribution < 1.29 is 14.3 Å². The zero-order valence-corrected chi connectivity index (χ0v) is 17.4. The van der Waals surface area contributed by atoms with Crippen molar-refractivity contribution in [2.75, 3.05) is 18.5 Å². The van der Waals surface area contributed by atoms with E-state index in [1.807, 2.05) is 37.3 Å². The lowest BCUT2D eigenvalue weighted by molar-refractivity contribution is 0.0682. The molecule has 27 heavy (non-hydrogen) atoms. The minimum atomic E-state index is -0.272. The van der Waals surface area contributed by atoms with E-state index >= 15 is 0 Å². The lowest BCUT2D eigenvalue weighted by Crippen LogP contribution is -2.34. The second-order valence-corrected chi connectivity index (χ2v) is 7.58. The Morgan fingerprint density at radius 1 is 1.33 bits per heavy atom. The second-order valence-electron chi connectivity index (χ2n) is 6.31. The molecular formula is C20H21BrN2O3S. The number of aryl methyl sites for hydroxylation is 1. The Hall–Kier alpha value is -1.96. The van der Waals surface area contributed by atoms with Gasteiger partial charge in [-0.2, -0.15) is 0 Å². The molecule has 0 saturated carbocycles. The van der Waals surface area contributed by atoms with Gasteiger partial charge in [-0.3, -0.25) is 10.1 Å². The second kappa shape index (κ2) is 9.30. The van der Waals surface area contributed by atoms with Gasteiger partial charge in [-0.15, -0.1) is 0 Å². The van der Waals surface area contributed by atoms with Gasteiger partial charge in [-0.1, -0.05) is 34.1 Å². The maximum Gasteiger partial charge on any atom is 0.257 e. The van der Waals surface area contributed by atoms with Crippen LogP contribution in [0.15, 0.2) is 46.9 Å². The first-order valence-electron chi connectivity index (χ1n) is 8.75. The van der Waals surface area contributed by atoms with Crippen LogP contribution in [0, 0.1) is 6.92 Å². The summed E-state index contributed by atoms with van der Waals surface area (Å²) in [6.45, 7) is 3.25. The SMILES string of the molecule is Cc1ccc(C(=O)NC(=S)Nc2ccccc2OCC2CCCO2)cc1Br. The number of halogens is 1. The Kier molecular flexibility index (Phi) is 6.82. The van der Waals surface area contributed by atoms with Crippen molar-refractivity contribution in [1.29, 1.82) is 0 Å². The first-order valence-corrected chi connectivity index (χ1v) is 9.95. The molecule has 1 heterocycles. The summed E-state index contributed by atoms with van der Waals surface area (Å²) in [5, 5.41) is 5.94. The van der Waals surface area contributed by atoms with Crippen molar-refractivity contribution in [3.05, 3.63) is 58.1 Å². The Bertz CT molecular complexity index is 838. The fourth-order valence-corrected chi connectivity index (χ4v) is 3.30. The van der Waals surface area contributed by atoms with Gasteiger partial charge in [0.2, 0.25) is 0 Å². The van der Waals surface area contributed by atoms with E-state index in [1.54, 1.807) is 12.1 Å². The summed E-state index contributed by atoms with van der Waals surface area (Å²) in [7, 11) is 0. The largest absolute Gasteiger partial charge is 0.489 e. The molecule has 7 heteroatoms. The van der Waals surface area contributed by atoms with Gasteiger partial charge in [0.05, 0.1) is 11.8 Å². The van der Waals surface area contributed by atoms with Gasteiger partial charge in [0.15, 0.2) is 5.11 Å². The topological polar surface area (TPSA) is 59.6 Å². The molecule has 1 amide bonds. The van der Waals surface area contributed by atoms with E-state index in [4.69, 9.17) is 21.7 Å². The van der Waals surface area contributed by atoms with Crippen LogP contribution < -0.4 is 15.4 Å². The van der Waals surface area contributed by atoms with Crippen molar-refractivity contribution >= 4 is 44.9 Å². The molecule has 0 aliphatic carbocycles. The Morgan fingerprint density at radius 3 is 2.89 bits per heavy atom. The fourth-order valence-electron chi connectivity index (χ4n) is 2.72. The maximum absolute atomic E-state index is 12.4. The smallest absolute Gasteiger partial charge is 0.257 e. The molecule has 1 aliphatic heterocycles. The van der Waals surface area contributed by atoms with Crippen LogP contribution in [0.4, 0.5) is 5.69 Å².